The van der Waals surface area contributed by atoms with Crippen molar-refractivity contribution in [2.24, 2.45) is 0 Å². The number of carbonyl (C=O) groups excluding carboxylic acids is 4. The number of alkyl halides is 6. The maximum absolute atomic E-state index is 14.8. The molecule has 2 aliphatic rings. The van der Waals surface area contributed by atoms with Crippen molar-refractivity contribution in [1.29, 1.82) is 0 Å². The van der Waals surface area contributed by atoms with E-state index in [-0.39, 0.29) is 57.4 Å². The first kappa shape index (κ1) is 74.1. The van der Waals surface area contributed by atoms with Gasteiger partial charge < -0.3 is 84.0 Å². The lowest BCUT2D eigenvalue weighted by molar-refractivity contribution is -0.309. The summed E-state index contributed by atoms with van der Waals surface area (Å²) in [5.41, 5.74) is 0.0504. The molecule has 27 heteroatoms. The zero-order chi connectivity index (χ0) is 69.3. The minimum absolute atomic E-state index is 0.00743. The van der Waals surface area contributed by atoms with Gasteiger partial charge in [-0.3, -0.25) is 9.59 Å². The Morgan fingerprint density at radius 2 is 0.948 bits per heavy atom. The van der Waals surface area contributed by atoms with Crippen LogP contribution in [-0.4, -0.2) is 134 Å². The molecular formula is C70H82F6N6O15. The molecule has 2 aliphatic heterocycles. The van der Waals surface area contributed by atoms with E-state index in [4.69, 9.17) is 52.1 Å². The second-order valence-electron chi connectivity index (χ2n) is 23.0. The summed E-state index contributed by atoms with van der Waals surface area (Å²) in [6, 6.07) is 29.3. The summed E-state index contributed by atoms with van der Waals surface area (Å²) in [7, 11) is 6.06. The molecule has 0 spiro atoms. The third-order valence-electron chi connectivity index (χ3n) is 16.0. The minimum atomic E-state index is -4.80. The molecule has 0 aliphatic carbocycles. The van der Waals surface area contributed by atoms with Crippen LogP contribution in [0.2, 0.25) is 0 Å². The fraction of sp³-hybridized carbons (Fsp3) is 0.429. The van der Waals surface area contributed by atoms with Crippen LogP contribution in [0.3, 0.4) is 0 Å². The Hall–Kier alpha value is -8.70. The number of halogens is 6. The van der Waals surface area contributed by atoms with Gasteiger partial charge in [-0.2, -0.15) is 26.3 Å². The predicted octanol–water partition coefficient (Wildman–Crippen LogP) is 11.5. The standard InChI is InChI=1S/C70H82F6N6O15/c1-6-7-8-9-10-17-59(83)77-36-60(84)81-61-57(42-91-37-44-18-26-52(87-2)27-19-44)93-41-56(80-67(85)78-50-15-11-13-48(34-50)69(71,72)73)63(61)97-66-62(82-68(86)79-51-16-12-14-49(35-51)70(74,75)76)65(95-40-47-24-32-55(90-5)33-25-47)64(94-39-46-22-30-54(89-4)31-23-46)58(96-66)43-92-38-45-20-28-53(88-3)29-21-45/h11-16,18-35,56-58,61-66H,6-10,17,36-43H2,1-5H3,(H,77,83)(H,81,84)(H2,78,80,85)(H2,79,82,86)/t56?,57?,58?,61-,62?,63+,64-,65+,66-/m0/s1. The van der Waals surface area contributed by atoms with Gasteiger partial charge in [-0.05, 0) is 114 Å². The van der Waals surface area contributed by atoms with Crippen LogP contribution in [0.1, 0.15) is 78.8 Å². The lowest BCUT2D eigenvalue weighted by Crippen LogP contribution is -2.71. The van der Waals surface area contributed by atoms with E-state index < -0.39 is 115 Å². The van der Waals surface area contributed by atoms with Crippen molar-refractivity contribution in [3.8, 4) is 23.0 Å². The van der Waals surface area contributed by atoms with E-state index in [1.807, 2.05) is 0 Å². The lowest BCUT2D eigenvalue weighted by atomic mass is 9.93. The van der Waals surface area contributed by atoms with Crippen molar-refractivity contribution in [1.82, 2.24) is 21.3 Å². The van der Waals surface area contributed by atoms with Gasteiger partial charge in [0.25, 0.3) is 0 Å². The van der Waals surface area contributed by atoms with Crippen molar-refractivity contribution in [3.63, 3.8) is 0 Å². The molecule has 524 valence electrons. The van der Waals surface area contributed by atoms with Crippen LogP contribution in [0.15, 0.2) is 146 Å². The molecule has 2 heterocycles. The van der Waals surface area contributed by atoms with E-state index in [0.29, 0.717) is 46.1 Å². The van der Waals surface area contributed by atoms with Crippen molar-refractivity contribution >= 4 is 35.3 Å². The van der Waals surface area contributed by atoms with E-state index in [0.717, 1.165) is 67.6 Å². The summed E-state index contributed by atoms with van der Waals surface area (Å²) >= 11 is 0. The normalized spacial score (nSPS) is 20.2. The summed E-state index contributed by atoms with van der Waals surface area (Å²) in [4.78, 5) is 56.8. The summed E-state index contributed by atoms with van der Waals surface area (Å²) < 4.78 is 153. The van der Waals surface area contributed by atoms with E-state index in [9.17, 15) is 45.5 Å². The van der Waals surface area contributed by atoms with Crippen LogP contribution in [-0.2, 0) is 81.5 Å². The molecule has 9 atom stereocenters. The Kier molecular flexibility index (Phi) is 28.0. The summed E-state index contributed by atoms with van der Waals surface area (Å²) in [6.07, 6.45) is -13.5. The molecule has 6 amide bonds. The second kappa shape index (κ2) is 36.6. The number of carbonyl (C=O) groups is 4. The van der Waals surface area contributed by atoms with E-state index in [1.54, 1.807) is 97.1 Å². The van der Waals surface area contributed by atoms with Crippen LogP contribution in [0.5, 0.6) is 23.0 Å². The summed E-state index contributed by atoms with van der Waals surface area (Å²) in [6.45, 7) is 0.252. The zero-order valence-electron chi connectivity index (χ0n) is 54.3. The molecule has 4 unspecified atom stereocenters. The molecule has 0 aromatic heterocycles. The van der Waals surface area contributed by atoms with Gasteiger partial charge in [-0.15, -0.1) is 0 Å². The number of anilines is 2. The fourth-order valence-corrected chi connectivity index (χ4v) is 10.8. The minimum Gasteiger partial charge on any atom is -0.497 e. The Labute approximate surface area is 558 Å². The van der Waals surface area contributed by atoms with Crippen molar-refractivity contribution < 1.29 is 97.6 Å². The van der Waals surface area contributed by atoms with Crippen molar-refractivity contribution in [2.75, 3.05) is 65.4 Å². The monoisotopic (exact) mass is 1360 g/mol. The van der Waals surface area contributed by atoms with Crippen molar-refractivity contribution in [3.05, 3.63) is 179 Å². The van der Waals surface area contributed by atoms with Gasteiger partial charge in [0.1, 0.15) is 59.6 Å². The highest BCUT2D eigenvalue weighted by Crippen LogP contribution is 2.35. The number of nitrogens with one attached hydrogen (secondary N) is 6. The maximum Gasteiger partial charge on any atom is 0.416 e. The number of unbranched alkanes of at least 4 members (excludes halogenated alkanes) is 4. The van der Waals surface area contributed by atoms with Crippen LogP contribution in [0, 0.1) is 0 Å². The van der Waals surface area contributed by atoms with E-state index in [2.05, 4.69) is 38.8 Å². The SMILES string of the molecule is CCCCCCCC(=O)NCC(=O)N[C@H]1C(COCc2ccc(OC)cc2)OCC(NC(=O)Nc2cccc(C(F)(F)F)c2)[C@H]1O[C@@H]1OC(COCc2ccc(OC)cc2)[C@H](OCc2ccc(OC)cc2)[C@H](OCc2ccc(OC)cc2)C1NC(=O)Nc1cccc(C(F)(F)F)c1. The molecule has 21 nitrogen and oxygen atoms in total. The van der Waals surface area contributed by atoms with Gasteiger partial charge in [0.2, 0.25) is 11.8 Å². The number of benzene rings is 6. The molecule has 6 N–H and O–H groups in total. The molecule has 0 saturated carbocycles. The smallest absolute Gasteiger partial charge is 0.416 e. The zero-order valence-corrected chi connectivity index (χ0v) is 54.3. The van der Waals surface area contributed by atoms with Crippen molar-refractivity contribution in [2.45, 2.75) is 139 Å². The van der Waals surface area contributed by atoms with Crippen LogP contribution >= 0.6 is 0 Å². The van der Waals surface area contributed by atoms with Gasteiger partial charge in [0.15, 0.2) is 6.29 Å². The van der Waals surface area contributed by atoms with E-state index >= 15 is 0 Å². The molecule has 6 aromatic carbocycles. The molecule has 2 saturated heterocycles. The quantitative estimate of drug-likeness (QED) is 0.0166. The molecule has 0 radical (unpaired) electrons. The molecular weight excluding hydrogens is 1280 g/mol. The Balaban J connectivity index is 1.24. The van der Waals surface area contributed by atoms with Gasteiger partial charge in [0, 0.05) is 17.8 Å². The van der Waals surface area contributed by atoms with Gasteiger partial charge >= 0.3 is 24.4 Å². The third-order valence-corrected chi connectivity index (χ3v) is 16.0. The van der Waals surface area contributed by atoms with Crippen LogP contribution in [0.25, 0.3) is 0 Å². The van der Waals surface area contributed by atoms with Crippen LogP contribution < -0.4 is 50.8 Å². The molecule has 2 fully saturated rings. The highest BCUT2D eigenvalue weighted by molar-refractivity contribution is 5.90. The number of hydrogen-bond donors (Lipinski definition) is 6. The predicted molar refractivity (Wildman–Crippen MR) is 345 cm³/mol. The maximum atomic E-state index is 14.8. The van der Waals surface area contributed by atoms with E-state index in [1.165, 1.54) is 40.6 Å². The fourth-order valence-electron chi connectivity index (χ4n) is 10.8. The largest absolute Gasteiger partial charge is 0.497 e. The highest BCUT2D eigenvalue weighted by atomic mass is 19.4. The lowest BCUT2D eigenvalue weighted by Gasteiger charge is -2.49. The first-order valence-electron chi connectivity index (χ1n) is 31.6. The Morgan fingerprint density at radius 3 is 1.42 bits per heavy atom. The van der Waals surface area contributed by atoms with Crippen LogP contribution in [0.4, 0.5) is 47.3 Å². The third kappa shape index (κ3) is 23.0. The topological polar surface area (TPSA) is 242 Å². The molecule has 6 aromatic rings. The summed E-state index contributed by atoms with van der Waals surface area (Å²) in [5, 5.41) is 16.2. The average molecular weight is 1360 g/mol. The number of rotatable bonds is 33. The van der Waals surface area contributed by atoms with Gasteiger partial charge in [-0.1, -0.05) is 93.3 Å². The number of methoxy groups -OCH3 is 4. The first-order chi connectivity index (χ1) is 46.7. The number of urea groups is 2. The molecule has 0 bridgehead atoms. The van der Waals surface area contributed by atoms with Gasteiger partial charge in [0.05, 0.1) is 104 Å². The number of amides is 6. The first-order valence-corrected chi connectivity index (χ1v) is 31.6. The second-order valence-corrected chi connectivity index (χ2v) is 23.0. The number of hydrogen-bond acceptors (Lipinski definition) is 15. The molecule has 8 rings (SSSR count). The highest BCUT2D eigenvalue weighted by Gasteiger charge is 2.53. The van der Waals surface area contributed by atoms with Gasteiger partial charge in [-0.25, -0.2) is 9.59 Å². The Morgan fingerprint density at radius 1 is 0.495 bits per heavy atom. The average Bonchev–Trinajstić information content (AvgIpc) is 0.883. The number of ether oxygens (including phenoxy) is 11. The molecule has 97 heavy (non-hydrogen) atoms. The summed E-state index contributed by atoms with van der Waals surface area (Å²) in [5.74, 6) is 1.10. The Bertz CT molecular complexity index is 3430.